The highest BCUT2D eigenvalue weighted by atomic mass is 35.5. The summed E-state index contributed by atoms with van der Waals surface area (Å²) < 4.78 is 1.17. The van der Waals surface area contributed by atoms with E-state index >= 15 is 0 Å². The first-order valence-corrected chi connectivity index (χ1v) is 6.90. The molecule has 2 rings (SSSR count). The van der Waals surface area contributed by atoms with Crippen molar-refractivity contribution in [2.75, 3.05) is 5.32 Å². The van der Waals surface area contributed by atoms with Gasteiger partial charge in [0.1, 0.15) is 6.04 Å². The van der Waals surface area contributed by atoms with Crippen LogP contribution in [0.15, 0.2) is 35.1 Å². The van der Waals surface area contributed by atoms with Gasteiger partial charge in [-0.25, -0.2) is 4.68 Å². The van der Waals surface area contributed by atoms with Crippen molar-refractivity contribution in [2.45, 2.75) is 26.8 Å². The Morgan fingerprint density at radius 3 is 2.67 bits per heavy atom. The quantitative estimate of drug-likeness (QED) is 0.948. The Morgan fingerprint density at radius 1 is 1.29 bits per heavy atom. The Balaban J connectivity index is 2.21. The molecule has 1 heterocycles. The maximum absolute atomic E-state index is 12.2. The number of aromatic nitrogens is 2. The number of nitrogens with one attached hydrogen (secondary N) is 1. The van der Waals surface area contributed by atoms with Crippen molar-refractivity contribution in [2.24, 2.45) is 0 Å². The lowest BCUT2D eigenvalue weighted by Gasteiger charge is -2.14. The molecule has 5 nitrogen and oxygen atoms in total. The van der Waals surface area contributed by atoms with Crippen LogP contribution in [0, 0.1) is 13.8 Å². The van der Waals surface area contributed by atoms with Gasteiger partial charge in [0.15, 0.2) is 0 Å². The molecule has 21 heavy (non-hydrogen) atoms. The Hall–Kier alpha value is -2.14. The van der Waals surface area contributed by atoms with Crippen LogP contribution in [0.5, 0.6) is 0 Å². The van der Waals surface area contributed by atoms with Crippen LogP contribution >= 0.6 is 11.6 Å². The van der Waals surface area contributed by atoms with E-state index < -0.39 is 6.04 Å². The molecule has 0 bridgehead atoms. The molecule has 0 saturated heterocycles. The predicted octanol–water partition coefficient (Wildman–Crippen LogP) is 2.71. The molecule has 0 radical (unpaired) electrons. The molecule has 1 aromatic carbocycles. The fourth-order valence-corrected chi connectivity index (χ4v) is 2.01. The molecule has 110 valence electrons. The first-order chi connectivity index (χ1) is 9.88. The van der Waals surface area contributed by atoms with Gasteiger partial charge in [0.2, 0.25) is 5.91 Å². The molecule has 1 amide bonds. The van der Waals surface area contributed by atoms with E-state index in [0.717, 1.165) is 5.56 Å². The lowest BCUT2D eigenvalue weighted by atomic mass is 10.2. The van der Waals surface area contributed by atoms with E-state index in [9.17, 15) is 9.59 Å². The van der Waals surface area contributed by atoms with Crippen molar-refractivity contribution in [1.29, 1.82) is 0 Å². The summed E-state index contributed by atoms with van der Waals surface area (Å²) in [6.45, 7) is 5.27. The zero-order valence-electron chi connectivity index (χ0n) is 12.1. The minimum absolute atomic E-state index is 0.315. The minimum atomic E-state index is -0.711. The van der Waals surface area contributed by atoms with Crippen LogP contribution in [0.25, 0.3) is 0 Å². The maximum Gasteiger partial charge on any atom is 0.267 e. The normalized spacial score (nSPS) is 12.0. The van der Waals surface area contributed by atoms with Gasteiger partial charge in [-0.05, 0) is 44.5 Å². The van der Waals surface area contributed by atoms with Crippen molar-refractivity contribution in [3.05, 3.63) is 57.0 Å². The monoisotopic (exact) mass is 305 g/mol. The zero-order chi connectivity index (χ0) is 15.6. The zero-order valence-corrected chi connectivity index (χ0v) is 12.8. The average molecular weight is 306 g/mol. The van der Waals surface area contributed by atoms with E-state index in [1.54, 1.807) is 32.0 Å². The predicted molar refractivity (Wildman–Crippen MR) is 82.8 cm³/mol. The van der Waals surface area contributed by atoms with Gasteiger partial charge in [-0.3, -0.25) is 9.59 Å². The van der Waals surface area contributed by atoms with E-state index in [1.165, 1.54) is 10.7 Å². The first-order valence-electron chi connectivity index (χ1n) is 6.52. The van der Waals surface area contributed by atoms with Gasteiger partial charge >= 0.3 is 0 Å². The fourth-order valence-electron chi connectivity index (χ4n) is 1.83. The van der Waals surface area contributed by atoms with Crippen LogP contribution in [0.2, 0.25) is 5.02 Å². The molecule has 6 heteroatoms. The van der Waals surface area contributed by atoms with E-state index in [1.807, 2.05) is 13.0 Å². The van der Waals surface area contributed by atoms with Crippen LogP contribution in [0.1, 0.15) is 24.2 Å². The van der Waals surface area contributed by atoms with Crippen LogP contribution in [-0.4, -0.2) is 15.7 Å². The second-order valence-electron chi connectivity index (χ2n) is 4.89. The minimum Gasteiger partial charge on any atom is -0.324 e. The molecule has 0 fully saturated rings. The SMILES string of the molecule is Cc1ccc(=O)n(C(C)C(=O)Nc2ccc(C)c(Cl)c2)n1. The van der Waals surface area contributed by atoms with Crippen molar-refractivity contribution in [3.63, 3.8) is 0 Å². The van der Waals surface area contributed by atoms with Gasteiger partial charge in [-0.15, -0.1) is 0 Å². The molecule has 1 unspecified atom stereocenters. The van der Waals surface area contributed by atoms with Gasteiger partial charge in [0, 0.05) is 16.8 Å². The maximum atomic E-state index is 12.2. The lowest BCUT2D eigenvalue weighted by molar-refractivity contribution is -0.119. The molecule has 0 aliphatic heterocycles. The van der Waals surface area contributed by atoms with E-state index in [-0.39, 0.29) is 11.5 Å². The Labute approximate surface area is 127 Å². The summed E-state index contributed by atoms with van der Waals surface area (Å²) >= 11 is 6.02. The summed E-state index contributed by atoms with van der Waals surface area (Å²) in [6, 6.07) is 7.56. The molecule has 1 aromatic heterocycles. The van der Waals surface area contributed by atoms with Gasteiger partial charge in [-0.2, -0.15) is 5.10 Å². The molecule has 0 spiro atoms. The Kier molecular flexibility index (Phi) is 4.43. The van der Waals surface area contributed by atoms with E-state index in [2.05, 4.69) is 10.4 Å². The third-order valence-electron chi connectivity index (χ3n) is 3.14. The number of rotatable bonds is 3. The van der Waals surface area contributed by atoms with Gasteiger partial charge in [-0.1, -0.05) is 17.7 Å². The van der Waals surface area contributed by atoms with Crippen molar-refractivity contribution in [1.82, 2.24) is 9.78 Å². The fraction of sp³-hybridized carbons (Fsp3) is 0.267. The molecular formula is C15H16ClN3O2. The largest absolute Gasteiger partial charge is 0.324 e. The number of carbonyl (C=O) groups is 1. The highest BCUT2D eigenvalue weighted by Gasteiger charge is 2.17. The smallest absolute Gasteiger partial charge is 0.267 e. The highest BCUT2D eigenvalue weighted by Crippen LogP contribution is 2.20. The van der Waals surface area contributed by atoms with Crippen molar-refractivity contribution >= 4 is 23.2 Å². The number of anilines is 1. The number of halogens is 1. The lowest BCUT2D eigenvalue weighted by Crippen LogP contribution is -2.33. The van der Waals surface area contributed by atoms with Crippen LogP contribution in [0.3, 0.4) is 0 Å². The average Bonchev–Trinajstić information content (AvgIpc) is 2.44. The number of hydrogen-bond acceptors (Lipinski definition) is 3. The summed E-state index contributed by atoms with van der Waals surface area (Å²) in [4.78, 5) is 24.0. The number of amides is 1. The Bertz CT molecular complexity index is 740. The summed E-state index contributed by atoms with van der Waals surface area (Å²) in [7, 11) is 0. The third-order valence-corrected chi connectivity index (χ3v) is 3.55. The molecule has 0 aliphatic rings. The summed E-state index contributed by atoms with van der Waals surface area (Å²) in [5, 5.41) is 7.39. The molecule has 2 aromatic rings. The highest BCUT2D eigenvalue weighted by molar-refractivity contribution is 6.31. The number of aryl methyl sites for hydroxylation is 2. The van der Waals surface area contributed by atoms with Crippen LogP contribution in [-0.2, 0) is 4.79 Å². The van der Waals surface area contributed by atoms with E-state index in [4.69, 9.17) is 11.6 Å². The number of hydrogen-bond donors (Lipinski definition) is 1. The topological polar surface area (TPSA) is 64.0 Å². The Morgan fingerprint density at radius 2 is 2.00 bits per heavy atom. The summed E-state index contributed by atoms with van der Waals surface area (Å²) in [5.74, 6) is -0.324. The molecule has 1 N–H and O–H groups in total. The first kappa shape index (κ1) is 15.3. The van der Waals surface area contributed by atoms with Gasteiger partial charge in [0.05, 0.1) is 5.69 Å². The number of nitrogens with zero attached hydrogens (tertiary/aromatic N) is 2. The van der Waals surface area contributed by atoms with Crippen molar-refractivity contribution < 1.29 is 4.79 Å². The second kappa shape index (κ2) is 6.10. The molecule has 1 atom stereocenters. The molecule has 0 aliphatic carbocycles. The van der Waals surface area contributed by atoms with Gasteiger partial charge in [0.25, 0.3) is 5.56 Å². The van der Waals surface area contributed by atoms with Crippen LogP contribution in [0.4, 0.5) is 5.69 Å². The van der Waals surface area contributed by atoms with Crippen LogP contribution < -0.4 is 10.9 Å². The van der Waals surface area contributed by atoms with Crippen molar-refractivity contribution in [3.8, 4) is 0 Å². The number of benzene rings is 1. The third kappa shape index (κ3) is 3.49. The molecule has 0 saturated carbocycles. The summed E-state index contributed by atoms with van der Waals surface area (Å²) in [6.07, 6.45) is 0. The molecular weight excluding hydrogens is 290 g/mol. The second-order valence-corrected chi connectivity index (χ2v) is 5.29. The number of carbonyl (C=O) groups excluding carboxylic acids is 1. The standard InChI is InChI=1S/C15H16ClN3O2/c1-9-4-6-12(8-13(9)16)17-15(21)11(3)19-14(20)7-5-10(2)18-19/h4-8,11H,1-3H3,(H,17,21). The summed E-state index contributed by atoms with van der Waals surface area (Å²) in [5.41, 5.74) is 1.88. The van der Waals surface area contributed by atoms with E-state index in [0.29, 0.717) is 16.4 Å². The van der Waals surface area contributed by atoms with Gasteiger partial charge < -0.3 is 5.32 Å².